The van der Waals surface area contributed by atoms with Gasteiger partial charge in [-0.25, -0.2) is 0 Å². The Hall–Kier alpha value is -2.00. The fourth-order valence-corrected chi connectivity index (χ4v) is 4.59. The summed E-state index contributed by atoms with van der Waals surface area (Å²) in [5, 5.41) is 0. The highest BCUT2D eigenvalue weighted by Gasteiger charge is 2.40. The van der Waals surface area contributed by atoms with E-state index in [-0.39, 0.29) is 5.92 Å². The molecule has 0 N–H and O–H groups in total. The lowest BCUT2D eigenvalue weighted by Gasteiger charge is -2.48. The predicted octanol–water partition coefficient (Wildman–Crippen LogP) is 4.41. The standard InChI is InChI=1S/C22H26N2O/c1-16-10-11-18(14-23-16)22(25)19-12-20-8-5-9-21(13-19)24(20)15-17-6-3-2-4-7-17/h2-4,6-7,10-11,14,19-21H,5,8-9,12-13,15H2,1H3. The van der Waals surface area contributed by atoms with E-state index >= 15 is 0 Å². The number of Topliss-reactive ketones (excluding diaryl/α,β-unsaturated/α-hetero) is 1. The van der Waals surface area contributed by atoms with E-state index in [9.17, 15) is 4.79 Å². The summed E-state index contributed by atoms with van der Waals surface area (Å²) in [7, 11) is 0. The highest BCUT2D eigenvalue weighted by Crippen LogP contribution is 2.39. The molecular formula is C22H26N2O. The van der Waals surface area contributed by atoms with Gasteiger partial charge in [-0.15, -0.1) is 0 Å². The lowest BCUT2D eigenvalue weighted by atomic mass is 9.75. The number of piperidine rings is 2. The lowest BCUT2D eigenvalue weighted by molar-refractivity contribution is 0.00905. The molecule has 2 aliphatic heterocycles. The van der Waals surface area contributed by atoms with Crippen LogP contribution in [0.5, 0.6) is 0 Å². The van der Waals surface area contributed by atoms with Gasteiger partial charge in [0.15, 0.2) is 5.78 Å². The van der Waals surface area contributed by atoms with Crippen LogP contribution in [0.15, 0.2) is 48.7 Å². The molecule has 0 aliphatic carbocycles. The van der Waals surface area contributed by atoms with Crippen LogP contribution >= 0.6 is 0 Å². The van der Waals surface area contributed by atoms with E-state index in [4.69, 9.17) is 0 Å². The monoisotopic (exact) mass is 334 g/mol. The Labute approximate surface area is 150 Å². The molecule has 3 nitrogen and oxygen atoms in total. The van der Waals surface area contributed by atoms with Gasteiger partial charge in [-0.3, -0.25) is 14.7 Å². The lowest BCUT2D eigenvalue weighted by Crippen LogP contribution is -2.52. The van der Waals surface area contributed by atoms with Crippen LogP contribution in [0, 0.1) is 12.8 Å². The van der Waals surface area contributed by atoms with Crippen molar-refractivity contribution in [1.82, 2.24) is 9.88 Å². The highest BCUT2D eigenvalue weighted by atomic mass is 16.1. The van der Waals surface area contributed by atoms with Gasteiger partial charge in [0.1, 0.15) is 0 Å². The summed E-state index contributed by atoms with van der Waals surface area (Å²) in [6, 6.07) is 15.7. The number of hydrogen-bond acceptors (Lipinski definition) is 3. The molecule has 130 valence electrons. The van der Waals surface area contributed by atoms with Crippen LogP contribution in [0.3, 0.4) is 0 Å². The van der Waals surface area contributed by atoms with E-state index in [1.807, 2.05) is 19.1 Å². The molecule has 1 aromatic heterocycles. The quantitative estimate of drug-likeness (QED) is 0.777. The van der Waals surface area contributed by atoms with Gasteiger partial charge in [-0.2, -0.15) is 0 Å². The SMILES string of the molecule is Cc1ccc(C(=O)C2CC3CCCC(C2)N3Cc2ccccc2)cn1. The molecule has 3 heteroatoms. The molecular weight excluding hydrogens is 308 g/mol. The number of benzene rings is 1. The normalized spacial score (nSPS) is 26.4. The first-order valence-electron chi connectivity index (χ1n) is 9.47. The first kappa shape index (κ1) is 16.5. The summed E-state index contributed by atoms with van der Waals surface area (Å²) in [5.41, 5.74) is 3.13. The molecule has 4 rings (SSSR count). The van der Waals surface area contributed by atoms with Gasteiger partial charge < -0.3 is 0 Å². The molecule has 0 spiro atoms. The predicted molar refractivity (Wildman–Crippen MR) is 99.4 cm³/mol. The number of pyridine rings is 1. The number of hydrogen-bond donors (Lipinski definition) is 0. The van der Waals surface area contributed by atoms with E-state index in [1.54, 1.807) is 6.20 Å². The second-order valence-electron chi connectivity index (χ2n) is 7.62. The van der Waals surface area contributed by atoms with Gasteiger partial charge in [0, 0.05) is 42.0 Å². The van der Waals surface area contributed by atoms with Crippen molar-refractivity contribution in [1.29, 1.82) is 0 Å². The smallest absolute Gasteiger partial charge is 0.167 e. The van der Waals surface area contributed by atoms with Crippen LogP contribution in [0.25, 0.3) is 0 Å². The van der Waals surface area contributed by atoms with Crippen molar-refractivity contribution in [2.24, 2.45) is 5.92 Å². The van der Waals surface area contributed by atoms with E-state index in [1.165, 1.54) is 24.8 Å². The number of carbonyl (C=O) groups is 1. The maximum atomic E-state index is 12.9. The first-order chi connectivity index (χ1) is 12.2. The zero-order chi connectivity index (χ0) is 17.2. The van der Waals surface area contributed by atoms with Gasteiger partial charge in [-0.1, -0.05) is 36.8 Å². The number of aromatic nitrogens is 1. The molecule has 3 heterocycles. The van der Waals surface area contributed by atoms with Gasteiger partial charge in [0.2, 0.25) is 0 Å². The highest BCUT2D eigenvalue weighted by molar-refractivity contribution is 5.97. The molecule has 0 saturated carbocycles. The average molecular weight is 334 g/mol. The van der Waals surface area contributed by atoms with Crippen LogP contribution in [0.1, 0.15) is 53.7 Å². The third kappa shape index (κ3) is 3.52. The molecule has 0 amide bonds. The molecule has 0 radical (unpaired) electrons. The van der Waals surface area contributed by atoms with Crippen LogP contribution in [-0.4, -0.2) is 27.8 Å². The van der Waals surface area contributed by atoms with E-state index < -0.39 is 0 Å². The van der Waals surface area contributed by atoms with Gasteiger partial charge >= 0.3 is 0 Å². The molecule has 1 aromatic carbocycles. The largest absolute Gasteiger partial charge is 0.294 e. The van der Waals surface area contributed by atoms with E-state index in [2.05, 4.69) is 40.2 Å². The van der Waals surface area contributed by atoms with E-state index in [0.717, 1.165) is 30.6 Å². The van der Waals surface area contributed by atoms with Crippen molar-refractivity contribution in [3.8, 4) is 0 Å². The number of rotatable bonds is 4. The summed E-state index contributed by atoms with van der Waals surface area (Å²) in [5.74, 6) is 0.454. The van der Waals surface area contributed by atoms with Gasteiger partial charge in [0.25, 0.3) is 0 Å². The zero-order valence-electron chi connectivity index (χ0n) is 14.9. The molecule has 2 aliphatic rings. The van der Waals surface area contributed by atoms with Crippen molar-refractivity contribution in [2.45, 2.75) is 57.7 Å². The number of nitrogens with zero attached hydrogens (tertiary/aromatic N) is 2. The summed E-state index contributed by atoms with van der Waals surface area (Å²) in [6.45, 7) is 2.98. The van der Waals surface area contributed by atoms with Crippen LogP contribution in [-0.2, 0) is 6.54 Å². The van der Waals surface area contributed by atoms with Crippen LogP contribution in [0.2, 0.25) is 0 Å². The first-order valence-corrected chi connectivity index (χ1v) is 9.47. The topological polar surface area (TPSA) is 33.2 Å². The minimum Gasteiger partial charge on any atom is -0.294 e. The second-order valence-corrected chi connectivity index (χ2v) is 7.62. The van der Waals surface area contributed by atoms with Gasteiger partial charge in [0.05, 0.1) is 0 Å². The third-order valence-corrected chi connectivity index (χ3v) is 5.90. The van der Waals surface area contributed by atoms with Crippen molar-refractivity contribution >= 4 is 5.78 Å². The Morgan fingerprint density at radius 3 is 2.44 bits per heavy atom. The molecule has 25 heavy (non-hydrogen) atoms. The van der Waals surface area contributed by atoms with Crippen molar-refractivity contribution in [3.63, 3.8) is 0 Å². The Bertz CT molecular complexity index is 711. The summed E-state index contributed by atoms with van der Waals surface area (Å²) < 4.78 is 0. The Kier molecular flexibility index (Phi) is 4.67. The minimum absolute atomic E-state index is 0.159. The number of fused-ring (bicyclic) bond motifs is 2. The number of carbonyl (C=O) groups excluding carboxylic acids is 1. The summed E-state index contributed by atoms with van der Waals surface area (Å²) in [6.07, 6.45) is 7.49. The fourth-order valence-electron chi connectivity index (χ4n) is 4.59. The molecule has 2 bridgehead atoms. The molecule has 2 unspecified atom stereocenters. The summed E-state index contributed by atoms with van der Waals surface area (Å²) in [4.78, 5) is 19.9. The number of ketones is 1. The van der Waals surface area contributed by atoms with E-state index in [0.29, 0.717) is 17.9 Å². The maximum absolute atomic E-state index is 12.9. The van der Waals surface area contributed by atoms with Crippen molar-refractivity contribution in [3.05, 3.63) is 65.5 Å². The van der Waals surface area contributed by atoms with Crippen LogP contribution < -0.4 is 0 Å². The van der Waals surface area contributed by atoms with Crippen molar-refractivity contribution < 1.29 is 4.79 Å². The minimum atomic E-state index is 0.159. The number of aryl methyl sites for hydroxylation is 1. The molecule has 2 fully saturated rings. The van der Waals surface area contributed by atoms with Gasteiger partial charge in [-0.05, 0) is 50.3 Å². The maximum Gasteiger partial charge on any atom is 0.167 e. The Balaban J connectivity index is 1.49. The Morgan fingerprint density at radius 1 is 1.08 bits per heavy atom. The van der Waals surface area contributed by atoms with Crippen molar-refractivity contribution in [2.75, 3.05) is 0 Å². The molecule has 2 atom stereocenters. The Morgan fingerprint density at radius 2 is 1.80 bits per heavy atom. The fraction of sp³-hybridized carbons (Fsp3) is 0.455. The average Bonchev–Trinajstić information content (AvgIpc) is 2.62. The third-order valence-electron chi connectivity index (χ3n) is 5.90. The molecule has 2 aromatic rings. The zero-order valence-corrected chi connectivity index (χ0v) is 14.9. The summed E-state index contributed by atoms with van der Waals surface area (Å²) >= 11 is 0. The van der Waals surface area contributed by atoms with Crippen LogP contribution in [0.4, 0.5) is 0 Å². The second kappa shape index (κ2) is 7.09. The molecule has 2 saturated heterocycles.